The quantitative estimate of drug-likeness (QED) is 0.406. The second-order valence-electron chi connectivity index (χ2n) is 2.13. The fourth-order valence-corrected chi connectivity index (χ4v) is 0.864. The highest BCUT2D eigenvalue weighted by Gasteiger charge is 1.95. The third-order valence-electron chi connectivity index (χ3n) is 1.26. The van der Waals surface area contributed by atoms with Crippen molar-refractivity contribution in [2.24, 2.45) is 0 Å². The molecule has 0 spiro atoms. The molecule has 0 aliphatic heterocycles. The van der Waals surface area contributed by atoms with Gasteiger partial charge >= 0.3 is 0 Å². The number of rotatable bonds is 1. The summed E-state index contributed by atoms with van der Waals surface area (Å²) in [7, 11) is 0. The second-order valence-corrected chi connectivity index (χ2v) is 2.78. The van der Waals surface area contributed by atoms with Crippen molar-refractivity contribution in [3.8, 4) is 0 Å². The monoisotopic (exact) mass is 183 g/mol. The Labute approximate surface area is 76.7 Å². The Morgan fingerprint density at radius 2 is 1.83 bits per heavy atom. The van der Waals surface area contributed by atoms with Crippen LogP contribution in [0.15, 0.2) is 30.3 Å². The van der Waals surface area contributed by atoms with E-state index < -0.39 is 0 Å². The average Bonchev–Trinajstić information content (AvgIpc) is 2.07. The fraction of sp³-hybridized carbons (Fsp3) is 0.222. The Morgan fingerprint density at radius 3 is 2.08 bits per heavy atom. The van der Waals surface area contributed by atoms with Crippen LogP contribution in [0.4, 0.5) is 0 Å². The SMILES string of the molecule is CC(Cl)c1ccccc1.N=C=O. The molecule has 1 aromatic carbocycles. The van der Waals surface area contributed by atoms with Gasteiger partial charge < -0.3 is 0 Å². The zero-order valence-electron chi connectivity index (χ0n) is 6.75. The molecule has 12 heavy (non-hydrogen) atoms. The van der Waals surface area contributed by atoms with Crippen LogP contribution in [0.2, 0.25) is 0 Å². The van der Waals surface area contributed by atoms with Crippen molar-refractivity contribution < 1.29 is 4.79 Å². The molecule has 0 radical (unpaired) electrons. The number of isocyanates is 1. The van der Waals surface area contributed by atoms with Crippen molar-refractivity contribution in [3.63, 3.8) is 0 Å². The highest BCUT2D eigenvalue weighted by atomic mass is 35.5. The molecule has 0 amide bonds. The Balaban J connectivity index is 0.000000354. The Hall–Kier alpha value is -1.11. The molecule has 0 saturated heterocycles. The third-order valence-corrected chi connectivity index (χ3v) is 1.51. The highest BCUT2D eigenvalue weighted by Crippen LogP contribution is 2.17. The van der Waals surface area contributed by atoms with Crippen LogP contribution in [0.25, 0.3) is 0 Å². The molecule has 1 aromatic rings. The van der Waals surface area contributed by atoms with E-state index in [4.69, 9.17) is 21.8 Å². The summed E-state index contributed by atoms with van der Waals surface area (Å²) in [6, 6.07) is 10.0. The van der Waals surface area contributed by atoms with E-state index in [0.717, 1.165) is 6.08 Å². The van der Waals surface area contributed by atoms with Gasteiger partial charge in [-0.05, 0) is 12.5 Å². The molecule has 3 heteroatoms. The maximum Gasteiger partial charge on any atom is 0.231 e. The van der Waals surface area contributed by atoms with Crippen molar-refractivity contribution in [2.75, 3.05) is 0 Å². The summed E-state index contributed by atoms with van der Waals surface area (Å²) < 4.78 is 0. The highest BCUT2D eigenvalue weighted by molar-refractivity contribution is 6.20. The van der Waals surface area contributed by atoms with Crippen LogP contribution in [-0.2, 0) is 4.79 Å². The van der Waals surface area contributed by atoms with E-state index in [1.165, 1.54) is 5.56 Å². The molecule has 0 saturated carbocycles. The molecule has 0 aliphatic carbocycles. The number of hydrogen-bond donors (Lipinski definition) is 1. The molecule has 64 valence electrons. The van der Waals surface area contributed by atoms with E-state index in [1.54, 1.807) is 0 Å². The van der Waals surface area contributed by atoms with E-state index in [2.05, 4.69) is 0 Å². The van der Waals surface area contributed by atoms with E-state index in [0.29, 0.717) is 0 Å². The first-order chi connectivity index (χ1) is 5.72. The standard InChI is InChI=1S/C8H9Cl.CHNO/c1-7(9)8-5-3-2-4-6-8;2-1-3/h2-7H,1H3;2H. The summed E-state index contributed by atoms with van der Waals surface area (Å²) >= 11 is 5.80. The summed E-state index contributed by atoms with van der Waals surface area (Å²) in [5.74, 6) is 0. The number of carbonyl (C=O) groups excluding carboxylic acids is 1. The van der Waals surface area contributed by atoms with Crippen LogP contribution in [-0.4, -0.2) is 6.08 Å². The first-order valence-corrected chi connectivity index (χ1v) is 3.89. The van der Waals surface area contributed by atoms with E-state index in [9.17, 15) is 0 Å². The van der Waals surface area contributed by atoms with Gasteiger partial charge in [0.25, 0.3) is 0 Å². The Kier molecular flexibility index (Phi) is 5.98. The molecule has 0 aliphatic rings. The van der Waals surface area contributed by atoms with Gasteiger partial charge in [0.2, 0.25) is 6.08 Å². The van der Waals surface area contributed by atoms with Gasteiger partial charge in [-0.25, -0.2) is 10.2 Å². The lowest BCUT2D eigenvalue weighted by molar-refractivity contribution is 0.563. The van der Waals surface area contributed by atoms with Crippen molar-refractivity contribution in [3.05, 3.63) is 35.9 Å². The molecule has 0 bridgehead atoms. The van der Waals surface area contributed by atoms with Crippen LogP contribution < -0.4 is 0 Å². The van der Waals surface area contributed by atoms with Gasteiger partial charge in [-0.15, -0.1) is 11.6 Å². The fourth-order valence-electron chi connectivity index (χ4n) is 0.718. The summed E-state index contributed by atoms with van der Waals surface area (Å²) in [6.45, 7) is 1.97. The minimum absolute atomic E-state index is 0.131. The topological polar surface area (TPSA) is 40.9 Å². The van der Waals surface area contributed by atoms with Gasteiger partial charge in [-0.2, -0.15) is 0 Å². The number of benzene rings is 1. The van der Waals surface area contributed by atoms with Gasteiger partial charge in [0.05, 0.1) is 5.38 Å². The van der Waals surface area contributed by atoms with Crippen LogP contribution >= 0.6 is 11.6 Å². The zero-order valence-corrected chi connectivity index (χ0v) is 7.51. The van der Waals surface area contributed by atoms with Crippen molar-refractivity contribution >= 4 is 17.7 Å². The predicted octanol–water partition coefficient (Wildman–Crippen LogP) is 2.89. The van der Waals surface area contributed by atoms with Gasteiger partial charge in [-0.3, -0.25) is 0 Å². The van der Waals surface area contributed by atoms with Crippen LogP contribution in [0, 0.1) is 5.41 Å². The molecule has 1 N–H and O–H groups in total. The lowest BCUT2D eigenvalue weighted by Gasteiger charge is -1.99. The molecular formula is C9H10ClNO. The first-order valence-electron chi connectivity index (χ1n) is 3.45. The van der Waals surface area contributed by atoms with Gasteiger partial charge in [0.1, 0.15) is 0 Å². The number of hydrogen-bond acceptors (Lipinski definition) is 2. The number of alkyl halides is 1. The summed E-state index contributed by atoms with van der Waals surface area (Å²) in [5, 5.41) is 5.53. The van der Waals surface area contributed by atoms with E-state index in [-0.39, 0.29) is 5.38 Å². The molecular weight excluding hydrogens is 174 g/mol. The molecule has 1 unspecified atom stereocenters. The lowest BCUT2D eigenvalue weighted by Crippen LogP contribution is -1.80. The normalized spacial score (nSPS) is 10.5. The van der Waals surface area contributed by atoms with Crippen molar-refractivity contribution in [1.29, 1.82) is 5.41 Å². The minimum atomic E-state index is 0.131. The average molecular weight is 184 g/mol. The largest absolute Gasteiger partial charge is 0.231 e. The molecule has 2 nitrogen and oxygen atoms in total. The third kappa shape index (κ3) is 4.67. The Bertz CT molecular complexity index is 240. The second kappa shape index (κ2) is 6.59. The molecule has 0 fully saturated rings. The smallest absolute Gasteiger partial charge is 0.222 e. The van der Waals surface area contributed by atoms with Gasteiger partial charge in [0.15, 0.2) is 0 Å². The minimum Gasteiger partial charge on any atom is -0.222 e. The lowest BCUT2D eigenvalue weighted by atomic mass is 10.2. The van der Waals surface area contributed by atoms with Crippen LogP contribution in [0.5, 0.6) is 0 Å². The Morgan fingerprint density at radius 1 is 1.42 bits per heavy atom. The van der Waals surface area contributed by atoms with E-state index in [1.807, 2.05) is 37.3 Å². The molecule has 0 heterocycles. The molecule has 0 aromatic heterocycles. The summed E-state index contributed by atoms with van der Waals surface area (Å²) in [4.78, 5) is 8.35. The maximum absolute atomic E-state index is 8.35. The van der Waals surface area contributed by atoms with Crippen LogP contribution in [0.1, 0.15) is 17.9 Å². The molecule has 1 rings (SSSR count). The van der Waals surface area contributed by atoms with Gasteiger partial charge in [0, 0.05) is 0 Å². The molecule has 1 atom stereocenters. The van der Waals surface area contributed by atoms with Crippen molar-refractivity contribution in [2.45, 2.75) is 12.3 Å². The maximum atomic E-state index is 8.35. The summed E-state index contributed by atoms with van der Waals surface area (Å²) in [5.41, 5.74) is 1.18. The first kappa shape index (κ1) is 10.9. The number of halogens is 1. The van der Waals surface area contributed by atoms with Gasteiger partial charge in [-0.1, -0.05) is 30.3 Å². The van der Waals surface area contributed by atoms with Crippen molar-refractivity contribution in [1.82, 2.24) is 0 Å². The van der Waals surface area contributed by atoms with Crippen LogP contribution in [0.3, 0.4) is 0 Å². The number of nitrogens with one attached hydrogen (secondary N) is 1. The predicted molar refractivity (Wildman–Crippen MR) is 49.1 cm³/mol. The van der Waals surface area contributed by atoms with E-state index >= 15 is 0 Å². The zero-order chi connectivity index (χ0) is 9.40. The summed E-state index contributed by atoms with van der Waals surface area (Å²) in [6.07, 6.45) is 0.750.